The topological polar surface area (TPSA) is 50.4 Å². The van der Waals surface area contributed by atoms with E-state index in [0.717, 1.165) is 13.0 Å². The molecule has 2 atom stereocenters. The van der Waals surface area contributed by atoms with Crippen molar-refractivity contribution in [1.82, 2.24) is 10.6 Å². The highest BCUT2D eigenvalue weighted by molar-refractivity contribution is 5.82. The van der Waals surface area contributed by atoms with Gasteiger partial charge in [-0.3, -0.25) is 4.79 Å². The molecule has 24 heavy (non-hydrogen) atoms. The van der Waals surface area contributed by atoms with Gasteiger partial charge < -0.3 is 15.4 Å². The molecule has 0 aliphatic carbocycles. The first kappa shape index (κ1) is 16.7. The molecule has 4 heteroatoms. The van der Waals surface area contributed by atoms with Gasteiger partial charge in [0.25, 0.3) is 0 Å². The number of carbonyl (C=O) groups is 1. The Kier molecular flexibility index (Phi) is 5.99. The van der Waals surface area contributed by atoms with Crippen LogP contribution in [0.1, 0.15) is 17.0 Å². The summed E-state index contributed by atoms with van der Waals surface area (Å²) in [5.41, 5.74) is 2.52. The minimum Gasteiger partial charge on any atom is -0.378 e. The Bertz CT molecular complexity index is 625. The number of hydrogen-bond donors (Lipinski definition) is 2. The van der Waals surface area contributed by atoms with E-state index in [2.05, 4.69) is 47.0 Å². The van der Waals surface area contributed by atoms with Crippen LogP contribution in [0, 0.1) is 0 Å². The minimum atomic E-state index is -0.244. The van der Waals surface area contributed by atoms with E-state index in [1.165, 1.54) is 11.1 Å². The second-order valence-electron chi connectivity index (χ2n) is 6.12. The van der Waals surface area contributed by atoms with Gasteiger partial charge in [0.1, 0.15) is 6.04 Å². The molecular formula is C20H24N2O2. The average Bonchev–Trinajstić information content (AvgIpc) is 2.67. The Morgan fingerprint density at radius 2 is 1.83 bits per heavy atom. The SMILES string of the molecule is O=C(NCC(Cc1ccccc1)c1ccccc1)C1COCCN1. The van der Waals surface area contributed by atoms with E-state index in [9.17, 15) is 4.79 Å². The average molecular weight is 324 g/mol. The van der Waals surface area contributed by atoms with Crippen LogP contribution in [-0.2, 0) is 16.0 Å². The van der Waals surface area contributed by atoms with E-state index in [1.54, 1.807) is 0 Å². The zero-order valence-electron chi connectivity index (χ0n) is 13.8. The van der Waals surface area contributed by atoms with E-state index in [0.29, 0.717) is 19.8 Å². The molecule has 1 amide bonds. The molecule has 126 valence electrons. The maximum Gasteiger partial charge on any atom is 0.239 e. The Labute approximate surface area is 143 Å². The van der Waals surface area contributed by atoms with E-state index >= 15 is 0 Å². The van der Waals surface area contributed by atoms with Crippen molar-refractivity contribution in [3.63, 3.8) is 0 Å². The summed E-state index contributed by atoms with van der Waals surface area (Å²) in [7, 11) is 0. The molecule has 2 unspecified atom stereocenters. The lowest BCUT2D eigenvalue weighted by Gasteiger charge is -2.24. The molecule has 2 N–H and O–H groups in total. The normalized spacial score (nSPS) is 18.8. The van der Waals surface area contributed by atoms with Crippen LogP contribution in [0.5, 0.6) is 0 Å². The third kappa shape index (κ3) is 4.66. The standard InChI is InChI=1S/C20H24N2O2/c23-20(19-15-24-12-11-21-19)22-14-18(17-9-5-2-6-10-17)13-16-7-3-1-4-8-16/h1-10,18-19,21H,11-15H2,(H,22,23). The minimum absolute atomic E-state index is 0.0173. The maximum absolute atomic E-state index is 12.3. The quantitative estimate of drug-likeness (QED) is 0.856. The first-order chi connectivity index (χ1) is 11.8. The molecule has 1 aliphatic heterocycles. The second kappa shape index (κ2) is 8.62. The van der Waals surface area contributed by atoms with Crippen LogP contribution in [-0.4, -0.2) is 38.3 Å². The summed E-state index contributed by atoms with van der Waals surface area (Å²) in [4.78, 5) is 12.3. The second-order valence-corrected chi connectivity index (χ2v) is 6.12. The molecule has 4 nitrogen and oxygen atoms in total. The van der Waals surface area contributed by atoms with Crippen molar-refractivity contribution < 1.29 is 9.53 Å². The number of ether oxygens (including phenoxy) is 1. The molecule has 1 fully saturated rings. The summed E-state index contributed by atoms with van der Waals surface area (Å²) in [6.07, 6.45) is 0.903. The van der Waals surface area contributed by atoms with Crippen LogP contribution in [0.3, 0.4) is 0 Å². The number of carbonyl (C=O) groups excluding carboxylic acids is 1. The number of benzene rings is 2. The molecule has 2 aromatic carbocycles. The lowest BCUT2D eigenvalue weighted by molar-refractivity contribution is -0.125. The van der Waals surface area contributed by atoms with Gasteiger partial charge in [0.05, 0.1) is 13.2 Å². The highest BCUT2D eigenvalue weighted by atomic mass is 16.5. The van der Waals surface area contributed by atoms with E-state index < -0.39 is 0 Å². The first-order valence-corrected chi connectivity index (χ1v) is 8.50. The van der Waals surface area contributed by atoms with Gasteiger partial charge >= 0.3 is 0 Å². The predicted molar refractivity (Wildman–Crippen MR) is 94.9 cm³/mol. The van der Waals surface area contributed by atoms with E-state index in [4.69, 9.17) is 4.74 Å². The van der Waals surface area contributed by atoms with Crippen molar-refractivity contribution in [2.75, 3.05) is 26.3 Å². The van der Waals surface area contributed by atoms with Gasteiger partial charge in [-0.15, -0.1) is 0 Å². The van der Waals surface area contributed by atoms with Crippen LogP contribution in [0.25, 0.3) is 0 Å². The lowest BCUT2D eigenvalue weighted by atomic mass is 9.92. The Morgan fingerprint density at radius 3 is 2.50 bits per heavy atom. The fourth-order valence-corrected chi connectivity index (χ4v) is 3.01. The Balaban J connectivity index is 1.64. The molecule has 0 aromatic heterocycles. The van der Waals surface area contributed by atoms with E-state index in [1.807, 2.05) is 24.3 Å². The molecule has 1 aliphatic rings. The van der Waals surface area contributed by atoms with Crippen LogP contribution in [0.4, 0.5) is 0 Å². The van der Waals surface area contributed by atoms with Crippen molar-refractivity contribution in [2.24, 2.45) is 0 Å². The van der Waals surface area contributed by atoms with Gasteiger partial charge in [-0.05, 0) is 17.5 Å². The number of hydrogen-bond acceptors (Lipinski definition) is 3. The molecule has 2 aromatic rings. The van der Waals surface area contributed by atoms with Crippen LogP contribution < -0.4 is 10.6 Å². The number of nitrogens with one attached hydrogen (secondary N) is 2. The third-order valence-corrected chi connectivity index (χ3v) is 4.36. The van der Waals surface area contributed by atoms with Gasteiger partial charge in [0, 0.05) is 19.0 Å². The van der Waals surface area contributed by atoms with Crippen molar-refractivity contribution in [1.29, 1.82) is 0 Å². The zero-order chi connectivity index (χ0) is 16.6. The molecule has 0 bridgehead atoms. The fourth-order valence-electron chi connectivity index (χ4n) is 3.01. The van der Waals surface area contributed by atoms with Crippen molar-refractivity contribution in [3.05, 3.63) is 71.8 Å². The molecule has 0 radical (unpaired) electrons. The highest BCUT2D eigenvalue weighted by Crippen LogP contribution is 2.20. The van der Waals surface area contributed by atoms with Crippen LogP contribution >= 0.6 is 0 Å². The summed E-state index contributed by atoms with van der Waals surface area (Å²) in [6, 6.07) is 20.5. The van der Waals surface area contributed by atoms with Gasteiger partial charge in [-0.25, -0.2) is 0 Å². The molecule has 1 saturated heterocycles. The summed E-state index contributed by atoms with van der Waals surface area (Å²) in [5, 5.41) is 6.28. The number of rotatable bonds is 6. The number of morpholine rings is 1. The molecule has 1 heterocycles. The van der Waals surface area contributed by atoms with Gasteiger partial charge in [0.2, 0.25) is 5.91 Å². The monoisotopic (exact) mass is 324 g/mol. The largest absolute Gasteiger partial charge is 0.378 e. The summed E-state index contributed by atoms with van der Waals surface area (Å²) < 4.78 is 5.37. The van der Waals surface area contributed by atoms with Crippen LogP contribution in [0.2, 0.25) is 0 Å². The molecule has 0 saturated carbocycles. The van der Waals surface area contributed by atoms with Crippen molar-refractivity contribution >= 4 is 5.91 Å². The molecule has 0 spiro atoms. The van der Waals surface area contributed by atoms with Crippen LogP contribution in [0.15, 0.2) is 60.7 Å². The highest BCUT2D eigenvalue weighted by Gasteiger charge is 2.22. The van der Waals surface area contributed by atoms with E-state index in [-0.39, 0.29) is 17.9 Å². The van der Waals surface area contributed by atoms with Crippen molar-refractivity contribution in [3.8, 4) is 0 Å². The summed E-state index contributed by atoms with van der Waals surface area (Å²) in [5.74, 6) is 0.269. The molecular weight excluding hydrogens is 300 g/mol. The van der Waals surface area contributed by atoms with Gasteiger partial charge in [0.15, 0.2) is 0 Å². The maximum atomic E-state index is 12.3. The molecule has 3 rings (SSSR count). The van der Waals surface area contributed by atoms with Gasteiger partial charge in [-0.2, -0.15) is 0 Å². The lowest BCUT2D eigenvalue weighted by Crippen LogP contribution is -2.51. The fraction of sp³-hybridized carbons (Fsp3) is 0.350. The predicted octanol–water partition coefficient (Wildman–Crippen LogP) is 2.12. The third-order valence-electron chi connectivity index (χ3n) is 4.36. The van der Waals surface area contributed by atoms with Gasteiger partial charge in [-0.1, -0.05) is 60.7 Å². The van der Waals surface area contributed by atoms with Crippen molar-refractivity contribution in [2.45, 2.75) is 18.4 Å². The first-order valence-electron chi connectivity index (χ1n) is 8.50. The number of amides is 1. The Hall–Kier alpha value is -2.17. The smallest absolute Gasteiger partial charge is 0.239 e. The summed E-state index contributed by atoms with van der Waals surface area (Å²) >= 11 is 0. The summed E-state index contributed by atoms with van der Waals surface area (Å²) in [6.45, 7) is 2.46. The Morgan fingerprint density at radius 1 is 1.12 bits per heavy atom. The zero-order valence-corrected chi connectivity index (χ0v) is 13.8.